The molecule has 0 bridgehead atoms. The molecular formula is C14H21N3O2S. The second-order valence-corrected chi connectivity index (χ2v) is 7.15. The molecule has 1 saturated carbocycles. The van der Waals surface area contributed by atoms with Crippen molar-refractivity contribution in [2.24, 2.45) is 11.7 Å². The monoisotopic (exact) mass is 295 g/mol. The highest BCUT2D eigenvalue weighted by Crippen LogP contribution is 2.25. The van der Waals surface area contributed by atoms with E-state index in [9.17, 15) is 8.42 Å². The van der Waals surface area contributed by atoms with Gasteiger partial charge in [0.1, 0.15) is 5.84 Å². The molecule has 0 saturated heterocycles. The Hall–Kier alpha value is -1.56. The molecule has 110 valence electrons. The van der Waals surface area contributed by atoms with Crippen LogP contribution in [0, 0.1) is 11.3 Å². The third kappa shape index (κ3) is 4.23. The molecule has 0 aromatic heterocycles. The van der Waals surface area contributed by atoms with E-state index in [1.807, 2.05) is 0 Å². The van der Waals surface area contributed by atoms with Gasteiger partial charge in [-0.3, -0.25) is 10.1 Å². The van der Waals surface area contributed by atoms with Crippen LogP contribution in [-0.4, -0.2) is 20.0 Å². The summed E-state index contributed by atoms with van der Waals surface area (Å²) in [5.74, 6) is 0.368. The molecule has 2 rings (SSSR count). The van der Waals surface area contributed by atoms with Gasteiger partial charge >= 0.3 is 0 Å². The number of rotatable bonds is 5. The summed E-state index contributed by atoms with van der Waals surface area (Å²) in [6.45, 7) is 0. The standard InChI is InChI=1S/C14H21N3O2S/c15-14(16)12-7-4-8-13(9-12)17-20(18,19)10-11-5-2-1-3-6-11/h4,7-9,11,17H,1-3,5-6,10H2,(H3,15,16). The summed E-state index contributed by atoms with van der Waals surface area (Å²) >= 11 is 0. The summed E-state index contributed by atoms with van der Waals surface area (Å²) in [6, 6.07) is 6.63. The van der Waals surface area contributed by atoms with Gasteiger partial charge in [0, 0.05) is 11.3 Å². The second-order valence-electron chi connectivity index (χ2n) is 5.38. The van der Waals surface area contributed by atoms with E-state index >= 15 is 0 Å². The molecule has 0 amide bonds. The number of benzene rings is 1. The molecule has 20 heavy (non-hydrogen) atoms. The second kappa shape index (κ2) is 6.26. The molecular weight excluding hydrogens is 274 g/mol. The molecule has 6 heteroatoms. The van der Waals surface area contributed by atoms with Gasteiger partial charge in [0.2, 0.25) is 10.0 Å². The van der Waals surface area contributed by atoms with Crippen molar-refractivity contribution in [3.05, 3.63) is 29.8 Å². The molecule has 0 aliphatic heterocycles. The molecule has 0 spiro atoms. The maximum atomic E-state index is 12.2. The average molecular weight is 295 g/mol. The van der Waals surface area contributed by atoms with Crippen LogP contribution < -0.4 is 10.5 Å². The predicted molar refractivity (Wildman–Crippen MR) is 81.4 cm³/mol. The van der Waals surface area contributed by atoms with E-state index in [4.69, 9.17) is 11.1 Å². The molecule has 0 atom stereocenters. The minimum Gasteiger partial charge on any atom is -0.384 e. The molecule has 1 fully saturated rings. The van der Waals surface area contributed by atoms with Crippen molar-refractivity contribution in [2.75, 3.05) is 10.5 Å². The number of hydrogen-bond acceptors (Lipinski definition) is 3. The summed E-state index contributed by atoms with van der Waals surface area (Å²) in [6.07, 6.45) is 5.45. The molecule has 0 heterocycles. The quantitative estimate of drug-likeness (QED) is 0.574. The first-order valence-electron chi connectivity index (χ1n) is 6.91. The van der Waals surface area contributed by atoms with Crippen LogP contribution in [0.1, 0.15) is 37.7 Å². The minimum absolute atomic E-state index is 0.0710. The summed E-state index contributed by atoms with van der Waals surface area (Å²) in [5, 5.41) is 7.37. The lowest BCUT2D eigenvalue weighted by atomic mass is 9.91. The fourth-order valence-electron chi connectivity index (χ4n) is 2.64. The minimum atomic E-state index is -3.34. The zero-order valence-electron chi connectivity index (χ0n) is 11.4. The van der Waals surface area contributed by atoms with Crippen LogP contribution in [0.4, 0.5) is 5.69 Å². The predicted octanol–water partition coefficient (Wildman–Crippen LogP) is 2.29. The molecule has 1 aliphatic rings. The van der Waals surface area contributed by atoms with Crippen LogP contribution in [0.15, 0.2) is 24.3 Å². The first kappa shape index (κ1) is 14.8. The zero-order chi connectivity index (χ0) is 14.6. The Morgan fingerprint density at radius 3 is 2.65 bits per heavy atom. The van der Waals surface area contributed by atoms with Crippen LogP contribution in [-0.2, 0) is 10.0 Å². The SMILES string of the molecule is N=C(N)c1cccc(NS(=O)(=O)CC2CCCCC2)c1. The Balaban J connectivity index is 2.03. The van der Waals surface area contributed by atoms with Crippen LogP contribution >= 0.6 is 0 Å². The van der Waals surface area contributed by atoms with Crippen molar-refractivity contribution < 1.29 is 8.42 Å². The molecule has 4 N–H and O–H groups in total. The van der Waals surface area contributed by atoms with Gasteiger partial charge in [-0.05, 0) is 30.9 Å². The van der Waals surface area contributed by atoms with Gasteiger partial charge in [-0.1, -0.05) is 31.4 Å². The zero-order valence-corrected chi connectivity index (χ0v) is 12.2. The van der Waals surface area contributed by atoms with Crippen LogP contribution in [0.5, 0.6) is 0 Å². The fourth-order valence-corrected chi connectivity index (χ4v) is 4.16. The Bertz CT molecular complexity index is 578. The first-order chi connectivity index (χ1) is 9.46. The van der Waals surface area contributed by atoms with Crippen molar-refractivity contribution in [3.8, 4) is 0 Å². The third-order valence-corrected chi connectivity index (χ3v) is 5.08. The first-order valence-corrected chi connectivity index (χ1v) is 8.56. The topological polar surface area (TPSA) is 96.0 Å². The normalized spacial score (nSPS) is 16.8. The lowest BCUT2D eigenvalue weighted by Crippen LogP contribution is -2.24. The maximum absolute atomic E-state index is 12.2. The van der Waals surface area contributed by atoms with Gasteiger partial charge in [-0.25, -0.2) is 8.42 Å². The van der Waals surface area contributed by atoms with Crippen molar-refractivity contribution >= 4 is 21.5 Å². The summed E-state index contributed by atoms with van der Waals surface area (Å²) in [4.78, 5) is 0. The molecule has 0 unspecified atom stereocenters. The molecule has 1 aromatic rings. The summed E-state index contributed by atoms with van der Waals surface area (Å²) < 4.78 is 26.9. The average Bonchev–Trinajstić information content (AvgIpc) is 2.39. The van der Waals surface area contributed by atoms with Crippen LogP contribution in [0.25, 0.3) is 0 Å². The lowest BCUT2D eigenvalue weighted by Gasteiger charge is -2.21. The van der Waals surface area contributed by atoms with Gasteiger partial charge in [0.05, 0.1) is 5.75 Å². The van der Waals surface area contributed by atoms with Crippen LogP contribution in [0.3, 0.4) is 0 Å². The van der Waals surface area contributed by atoms with E-state index in [0.717, 1.165) is 25.7 Å². The van der Waals surface area contributed by atoms with Gasteiger partial charge in [-0.15, -0.1) is 0 Å². The largest absolute Gasteiger partial charge is 0.384 e. The Labute approximate surface area is 120 Å². The summed E-state index contributed by atoms with van der Waals surface area (Å²) in [7, 11) is -3.34. The smallest absolute Gasteiger partial charge is 0.232 e. The number of hydrogen-bond donors (Lipinski definition) is 3. The number of nitrogens with two attached hydrogens (primary N) is 1. The highest BCUT2D eigenvalue weighted by molar-refractivity contribution is 7.92. The van der Waals surface area contributed by atoms with Crippen molar-refractivity contribution in [1.29, 1.82) is 5.41 Å². The highest BCUT2D eigenvalue weighted by atomic mass is 32.2. The Morgan fingerprint density at radius 1 is 1.30 bits per heavy atom. The van der Waals surface area contributed by atoms with Crippen LogP contribution in [0.2, 0.25) is 0 Å². The van der Waals surface area contributed by atoms with Gasteiger partial charge in [0.25, 0.3) is 0 Å². The summed E-state index contributed by atoms with van der Waals surface area (Å²) in [5.41, 5.74) is 6.38. The van der Waals surface area contributed by atoms with Crippen molar-refractivity contribution in [2.45, 2.75) is 32.1 Å². The number of anilines is 1. The number of nitrogen functional groups attached to an aromatic ring is 1. The van der Waals surface area contributed by atoms with Crippen molar-refractivity contribution in [1.82, 2.24) is 0 Å². The van der Waals surface area contributed by atoms with E-state index in [2.05, 4.69) is 4.72 Å². The van der Waals surface area contributed by atoms with E-state index < -0.39 is 10.0 Å². The number of amidine groups is 1. The maximum Gasteiger partial charge on any atom is 0.232 e. The molecule has 1 aliphatic carbocycles. The Kier molecular flexibility index (Phi) is 4.65. The van der Waals surface area contributed by atoms with Gasteiger partial charge in [0.15, 0.2) is 0 Å². The van der Waals surface area contributed by atoms with E-state index in [1.165, 1.54) is 6.42 Å². The van der Waals surface area contributed by atoms with Gasteiger partial charge in [-0.2, -0.15) is 0 Å². The number of sulfonamides is 1. The molecule has 1 aromatic carbocycles. The highest BCUT2D eigenvalue weighted by Gasteiger charge is 2.21. The van der Waals surface area contributed by atoms with Crippen molar-refractivity contribution in [3.63, 3.8) is 0 Å². The molecule has 0 radical (unpaired) electrons. The van der Waals surface area contributed by atoms with Gasteiger partial charge < -0.3 is 5.73 Å². The molecule has 5 nitrogen and oxygen atoms in total. The number of nitrogens with one attached hydrogen (secondary N) is 2. The third-order valence-electron chi connectivity index (χ3n) is 3.63. The lowest BCUT2D eigenvalue weighted by molar-refractivity contribution is 0.385. The fraction of sp³-hybridized carbons (Fsp3) is 0.500. The van der Waals surface area contributed by atoms with E-state index in [-0.39, 0.29) is 17.5 Å². The Morgan fingerprint density at radius 2 is 2.00 bits per heavy atom. The van der Waals surface area contributed by atoms with E-state index in [1.54, 1.807) is 24.3 Å². The van der Waals surface area contributed by atoms with E-state index in [0.29, 0.717) is 11.3 Å².